The molecule has 2 heterocycles. The summed E-state index contributed by atoms with van der Waals surface area (Å²) in [5, 5.41) is 3.23. The molecule has 7 nitrogen and oxygen atoms in total. The number of hydrogen-bond acceptors (Lipinski definition) is 6. The van der Waals surface area contributed by atoms with Crippen molar-refractivity contribution in [1.29, 1.82) is 0 Å². The molecule has 2 aromatic rings. The summed E-state index contributed by atoms with van der Waals surface area (Å²) in [4.78, 5) is 12.2. The van der Waals surface area contributed by atoms with E-state index in [4.69, 9.17) is 5.84 Å². The van der Waals surface area contributed by atoms with Gasteiger partial charge in [0.25, 0.3) is 0 Å². The molecular weight excluding hydrogens is 218 g/mol. The molecule has 0 saturated heterocycles. The van der Waals surface area contributed by atoms with Gasteiger partial charge in [-0.15, -0.1) is 0 Å². The molecule has 2 aromatic heterocycles. The summed E-state index contributed by atoms with van der Waals surface area (Å²) in [6, 6.07) is 0. The topological polar surface area (TPSA) is 93.7 Å². The number of hydrazine groups is 1. The van der Waals surface area contributed by atoms with E-state index >= 15 is 0 Å². The lowest BCUT2D eigenvalue weighted by molar-refractivity contribution is 0.724. The average Bonchev–Trinajstić information content (AvgIpc) is 2.84. The number of rotatable bonds is 5. The number of aromatic nitrogens is 4. The molecule has 0 spiro atoms. The van der Waals surface area contributed by atoms with Crippen molar-refractivity contribution in [3.63, 3.8) is 0 Å². The summed E-state index contributed by atoms with van der Waals surface area (Å²) in [6.45, 7) is 3.50. The zero-order valence-electron chi connectivity index (χ0n) is 9.59. The molecule has 0 aliphatic heterocycles. The van der Waals surface area contributed by atoms with Gasteiger partial charge in [-0.3, -0.25) is 0 Å². The predicted molar refractivity (Wildman–Crippen MR) is 65.3 cm³/mol. The molecule has 0 bridgehead atoms. The quantitative estimate of drug-likeness (QED) is 0.510. The highest BCUT2D eigenvalue weighted by molar-refractivity contribution is 5.55. The zero-order chi connectivity index (χ0) is 12.1. The van der Waals surface area contributed by atoms with Crippen LogP contribution in [0.4, 0.5) is 11.6 Å². The van der Waals surface area contributed by atoms with Crippen molar-refractivity contribution in [3.05, 3.63) is 30.6 Å². The van der Waals surface area contributed by atoms with Gasteiger partial charge in [-0.1, -0.05) is 0 Å². The summed E-state index contributed by atoms with van der Waals surface area (Å²) < 4.78 is 1.99. The SMILES string of the molecule is Cc1c(NN)ncnc1NCCn1ccnc1. The van der Waals surface area contributed by atoms with Gasteiger partial charge in [0, 0.05) is 31.0 Å². The van der Waals surface area contributed by atoms with Crippen molar-refractivity contribution in [1.82, 2.24) is 19.5 Å². The second kappa shape index (κ2) is 5.26. The van der Waals surface area contributed by atoms with Crippen LogP contribution in [0.2, 0.25) is 0 Å². The molecule has 0 amide bonds. The van der Waals surface area contributed by atoms with Crippen LogP contribution in [0.5, 0.6) is 0 Å². The van der Waals surface area contributed by atoms with Gasteiger partial charge in [-0.25, -0.2) is 20.8 Å². The number of nitrogen functional groups attached to an aromatic ring is 1. The minimum absolute atomic E-state index is 0.630. The predicted octanol–water partition coefficient (Wildman–Crippen LogP) is 0.379. The molecule has 0 radical (unpaired) electrons. The smallest absolute Gasteiger partial charge is 0.148 e. The van der Waals surface area contributed by atoms with Crippen LogP contribution < -0.4 is 16.6 Å². The van der Waals surface area contributed by atoms with Crippen molar-refractivity contribution in [2.45, 2.75) is 13.5 Å². The first-order valence-corrected chi connectivity index (χ1v) is 5.29. The highest BCUT2D eigenvalue weighted by atomic mass is 15.3. The van der Waals surface area contributed by atoms with E-state index in [1.54, 1.807) is 12.5 Å². The van der Waals surface area contributed by atoms with Crippen LogP contribution in [0.1, 0.15) is 5.56 Å². The maximum absolute atomic E-state index is 5.34. The van der Waals surface area contributed by atoms with Crippen LogP contribution in [0, 0.1) is 6.92 Å². The normalized spacial score (nSPS) is 10.2. The Labute approximate surface area is 99.1 Å². The van der Waals surface area contributed by atoms with Crippen LogP contribution in [0.3, 0.4) is 0 Å². The Morgan fingerprint density at radius 1 is 1.35 bits per heavy atom. The van der Waals surface area contributed by atoms with Gasteiger partial charge in [0.2, 0.25) is 0 Å². The van der Waals surface area contributed by atoms with Crippen LogP contribution >= 0.6 is 0 Å². The molecule has 0 saturated carbocycles. The summed E-state index contributed by atoms with van der Waals surface area (Å²) in [5.41, 5.74) is 3.44. The van der Waals surface area contributed by atoms with Gasteiger partial charge < -0.3 is 15.3 Å². The Balaban J connectivity index is 1.95. The number of nitrogens with two attached hydrogens (primary N) is 1. The molecule has 0 fully saturated rings. The maximum Gasteiger partial charge on any atom is 0.148 e. The summed E-state index contributed by atoms with van der Waals surface area (Å²) in [7, 11) is 0. The second-order valence-corrected chi connectivity index (χ2v) is 3.57. The molecule has 7 heteroatoms. The molecular formula is C10H15N7. The van der Waals surface area contributed by atoms with Gasteiger partial charge in [0.1, 0.15) is 18.0 Å². The lowest BCUT2D eigenvalue weighted by atomic mass is 10.3. The third-order valence-electron chi connectivity index (χ3n) is 2.44. The largest absolute Gasteiger partial charge is 0.368 e. The van der Waals surface area contributed by atoms with Crippen molar-refractivity contribution in [3.8, 4) is 0 Å². The van der Waals surface area contributed by atoms with Gasteiger partial charge in [-0.2, -0.15) is 0 Å². The molecule has 0 aromatic carbocycles. The van der Waals surface area contributed by atoms with Crippen molar-refractivity contribution in [2.24, 2.45) is 5.84 Å². The highest BCUT2D eigenvalue weighted by Gasteiger charge is 2.04. The summed E-state index contributed by atoms with van der Waals surface area (Å²) >= 11 is 0. The van der Waals surface area contributed by atoms with E-state index in [-0.39, 0.29) is 0 Å². The van der Waals surface area contributed by atoms with Crippen LogP contribution in [0.15, 0.2) is 25.0 Å². The van der Waals surface area contributed by atoms with Crippen LogP contribution in [0.25, 0.3) is 0 Å². The molecule has 0 aliphatic carbocycles. The van der Waals surface area contributed by atoms with E-state index < -0.39 is 0 Å². The van der Waals surface area contributed by atoms with Crippen molar-refractivity contribution < 1.29 is 0 Å². The van der Waals surface area contributed by atoms with E-state index in [1.807, 2.05) is 17.7 Å². The first-order chi connectivity index (χ1) is 8.31. The monoisotopic (exact) mass is 233 g/mol. The van der Waals surface area contributed by atoms with E-state index in [9.17, 15) is 0 Å². The number of imidazole rings is 1. The number of hydrogen-bond donors (Lipinski definition) is 3. The van der Waals surface area contributed by atoms with Gasteiger partial charge in [0.15, 0.2) is 0 Å². The third-order valence-corrected chi connectivity index (χ3v) is 2.44. The second-order valence-electron chi connectivity index (χ2n) is 3.57. The maximum atomic E-state index is 5.34. The lowest BCUT2D eigenvalue weighted by Crippen LogP contribution is -2.14. The molecule has 0 aliphatic rings. The fraction of sp³-hybridized carbons (Fsp3) is 0.300. The third kappa shape index (κ3) is 2.70. The lowest BCUT2D eigenvalue weighted by Gasteiger charge is -2.10. The molecule has 90 valence electrons. The highest BCUT2D eigenvalue weighted by Crippen LogP contribution is 2.16. The number of nitrogens with zero attached hydrogens (tertiary/aromatic N) is 4. The molecule has 4 N–H and O–H groups in total. The first kappa shape index (κ1) is 11.3. The van der Waals surface area contributed by atoms with Crippen molar-refractivity contribution in [2.75, 3.05) is 17.3 Å². The van der Waals surface area contributed by atoms with E-state index in [0.29, 0.717) is 5.82 Å². The Morgan fingerprint density at radius 2 is 2.18 bits per heavy atom. The Hall–Kier alpha value is -2.15. The van der Waals surface area contributed by atoms with Crippen molar-refractivity contribution >= 4 is 11.6 Å². The molecule has 0 atom stereocenters. The molecule has 17 heavy (non-hydrogen) atoms. The van der Waals surface area contributed by atoms with E-state index in [1.165, 1.54) is 6.33 Å². The molecule has 0 unspecified atom stereocenters. The Bertz CT molecular complexity index is 466. The van der Waals surface area contributed by atoms with Gasteiger partial charge >= 0.3 is 0 Å². The summed E-state index contributed by atoms with van der Waals surface area (Å²) in [5.74, 6) is 6.76. The first-order valence-electron chi connectivity index (χ1n) is 5.29. The van der Waals surface area contributed by atoms with Gasteiger partial charge in [0.05, 0.1) is 6.33 Å². The summed E-state index contributed by atoms with van der Waals surface area (Å²) in [6.07, 6.45) is 6.93. The average molecular weight is 233 g/mol. The van der Waals surface area contributed by atoms with E-state index in [2.05, 4.69) is 25.7 Å². The fourth-order valence-electron chi connectivity index (χ4n) is 1.50. The minimum atomic E-state index is 0.630. The van der Waals surface area contributed by atoms with Crippen LogP contribution in [-0.4, -0.2) is 26.1 Å². The number of anilines is 2. The zero-order valence-corrected chi connectivity index (χ0v) is 9.59. The fourth-order valence-corrected chi connectivity index (χ4v) is 1.50. The Morgan fingerprint density at radius 3 is 2.88 bits per heavy atom. The molecule has 2 rings (SSSR count). The number of nitrogens with one attached hydrogen (secondary N) is 2. The van der Waals surface area contributed by atoms with Gasteiger partial charge in [-0.05, 0) is 6.92 Å². The Kier molecular flexibility index (Phi) is 3.51. The van der Waals surface area contributed by atoms with Crippen LogP contribution in [-0.2, 0) is 6.54 Å². The standard InChI is InChI=1S/C10H15N7/c1-8-9(14-6-15-10(8)16-11)13-3-5-17-4-2-12-7-17/h2,4,6-7H,3,5,11H2,1H3,(H2,13,14,15,16). The minimum Gasteiger partial charge on any atom is -0.368 e. The van der Waals surface area contributed by atoms with E-state index in [0.717, 1.165) is 24.5 Å².